The lowest BCUT2D eigenvalue weighted by atomic mass is 9.92. The first-order valence-corrected chi connectivity index (χ1v) is 5.76. The van der Waals surface area contributed by atoms with Crippen LogP contribution in [0.25, 0.3) is 0 Å². The van der Waals surface area contributed by atoms with Crippen LogP contribution in [0.2, 0.25) is 0 Å². The predicted octanol–water partition coefficient (Wildman–Crippen LogP) is 1.84. The molecule has 2 heterocycles. The third kappa shape index (κ3) is 2.61. The summed E-state index contributed by atoms with van der Waals surface area (Å²) < 4.78 is 5.37. The second-order valence-electron chi connectivity index (χ2n) is 4.57. The van der Waals surface area contributed by atoms with E-state index in [1.165, 1.54) is 12.8 Å². The summed E-state index contributed by atoms with van der Waals surface area (Å²) in [5, 5.41) is 0. The average Bonchev–Trinajstić information content (AvgIpc) is 2.73. The maximum absolute atomic E-state index is 5.81. The standard InChI is InChI=1S/C12H20N2O/c1-10-4-5-14(11(7-10)8-13)9-12-3-2-6-15-12/h2-3,6,10-11H,4-5,7-9,13H2,1H3. The number of likely N-dealkylation sites (tertiary alicyclic amines) is 1. The minimum absolute atomic E-state index is 0.527. The maximum atomic E-state index is 5.81. The molecule has 0 amide bonds. The number of piperidine rings is 1. The van der Waals surface area contributed by atoms with Gasteiger partial charge in [-0.3, -0.25) is 4.90 Å². The Morgan fingerprint density at radius 1 is 1.60 bits per heavy atom. The number of nitrogens with two attached hydrogens (primary N) is 1. The zero-order valence-electron chi connectivity index (χ0n) is 9.36. The highest BCUT2D eigenvalue weighted by Gasteiger charge is 2.25. The topological polar surface area (TPSA) is 42.4 Å². The molecule has 2 unspecified atom stereocenters. The van der Waals surface area contributed by atoms with Gasteiger partial charge in [0.2, 0.25) is 0 Å². The lowest BCUT2D eigenvalue weighted by Crippen LogP contribution is -2.45. The van der Waals surface area contributed by atoms with E-state index >= 15 is 0 Å². The molecule has 0 saturated carbocycles. The van der Waals surface area contributed by atoms with Crippen molar-refractivity contribution in [3.05, 3.63) is 24.2 Å². The molecular formula is C12H20N2O. The molecule has 84 valence electrons. The molecule has 3 nitrogen and oxygen atoms in total. The van der Waals surface area contributed by atoms with Gasteiger partial charge >= 0.3 is 0 Å². The van der Waals surface area contributed by atoms with Crippen LogP contribution in [0.1, 0.15) is 25.5 Å². The van der Waals surface area contributed by atoms with Crippen molar-refractivity contribution in [3.8, 4) is 0 Å². The second kappa shape index (κ2) is 4.81. The van der Waals surface area contributed by atoms with Crippen LogP contribution >= 0.6 is 0 Å². The van der Waals surface area contributed by atoms with Crippen LogP contribution in [0, 0.1) is 5.92 Å². The maximum Gasteiger partial charge on any atom is 0.117 e. The van der Waals surface area contributed by atoms with Gasteiger partial charge in [0, 0.05) is 12.6 Å². The fraction of sp³-hybridized carbons (Fsp3) is 0.667. The van der Waals surface area contributed by atoms with E-state index in [4.69, 9.17) is 10.2 Å². The van der Waals surface area contributed by atoms with Crippen LogP contribution in [0.3, 0.4) is 0 Å². The molecule has 0 radical (unpaired) electrons. The Kier molecular flexibility index (Phi) is 3.44. The van der Waals surface area contributed by atoms with E-state index in [-0.39, 0.29) is 0 Å². The molecule has 1 fully saturated rings. The Balaban J connectivity index is 1.95. The van der Waals surface area contributed by atoms with Crippen molar-refractivity contribution in [1.82, 2.24) is 4.90 Å². The molecule has 0 bridgehead atoms. The first kappa shape index (κ1) is 10.7. The molecule has 1 aliphatic heterocycles. The highest BCUT2D eigenvalue weighted by Crippen LogP contribution is 2.23. The molecule has 0 aliphatic carbocycles. The normalized spacial score (nSPS) is 28.1. The van der Waals surface area contributed by atoms with E-state index in [1.807, 2.05) is 12.1 Å². The molecule has 3 heteroatoms. The van der Waals surface area contributed by atoms with E-state index in [0.29, 0.717) is 6.04 Å². The van der Waals surface area contributed by atoms with Crippen LogP contribution in [0.4, 0.5) is 0 Å². The number of rotatable bonds is 3. The van der Waals surface area contributed by atoms with Gasteiger partial charge in [-0.15, -0.1) is 0 Å². The van der Waals surface area contributed by atoms with Gasteiger partial charge in [-0.05, 0) is 37.4 Å². The molecule has 2 N–H and O–H groups in total. The van der Waals surface area contributed by atoms with E-state index < -0.39 is 0 Å². The molecule has 2 atom stereocenters. The summed E-state index contributed by atoms with van der Waals surface area (Å²) in [6.07, 6.45) is 4.23. The third-order valence-electron chi connectivity index (χ3n) is 3.31. The monoisotopic (exact) mass is 208 g/mol. The van der Waals surface area contributed by atoms with E-state index in [9.17, 15) is 0 Å². The summed E-state index contributed by atoms with van der Waals surface area (Å²) in [6.45, 7) is 5.11. The smallest absolute Gasteiger partial charge is 0.117 e. The molecule has 1 saturated heterocycles. The van der Waals surface area contributed by atoms with Gasteiger partial charge < -0.3 is 10.2 Å². The summed E-state index contributed by atoms with van der Waals surface area (Å²) in [5.74, 6) is 1.86. The molecule has 1 aromatic heterocycles. The Labute approximate surface area is 91.2 Å². The van der Waals surface area contributed by atoms with Crippen molar-refractivity contribution in [3.63, 3.8) is 0 Å². The lowest BCUT2D eigenvalue weighted by Gasteiger charge is -2.37. The predicted molar refractivity (Wildman–Crippen MR) is 60.4 cm³/mol. The van der Waals surface area contributed by atoms with Crippen molar-refractivity contribution >= 4 is 0 Å². The first-order chi connectivity index (χ1) is 7.29. The van der Waals surface area contributed by atoms with E-state index in [2.05, 4.69) is 11.8 Å². The van der Waals surface area contributed by atoms with Gasteiger partial charge in [-0.25, -0.2) is 0 Å². The number of hydrogen-bond donors (Lipinski definition) is 1. The molecule has 1 aliphatic rings. The Hall–Kier alpha value is -0.800. The summed E-state index contributed by atoms with van der Waals surface area (Å²) in [5.41, 5.74) is 5.81. The van der Waals surface area contributed by atoms with Gasteiger partial charge in [0.25, 0.3) is 0 Å². The van der Waals surface area contributed by atoms with Crippen molar-refractivity contribution in [1.29, 1.82) is 0 Å². The van der Waals surface area contributed by atoms with Crippen LogP contribution in [-0.2, 0) is 6.54 Å². The van der Waals surface area contributed by atoms with Gasteiger partial charge in [-0.2, -0.15) is 0 Å². The first-order valence-electron chi connectivity index (χ1n) is 5.76. The SMILES string of the molecule is CC1CCN(Cc2ccco2)C(CN)C1. The summed E-state index contributed by atoms with van der Waals surface area (Å²) in [7, 11) is 0. The molecule has 15 heavy (non-hydrogen) atoms. The Bertz CT molecular complexity index is 284. The quantitative estimate of drug-likeness (QED) is 0.824. The fourth-order valence-electron chi connectivity index (χ4n) is 2.36. The Morgan fingerprint density at radius 3 is 3.13 bits per heavy atom. The zero-order valence-corrected chi connectivity index (χ0v) is 9.36. The van der Waals surface area contributed by atoms with E-state index in [1.54, 1.807) is 6.26 Å². The third-order valence-corrected chi connectivity index (χ3v) is 3.31. The highest BCUT2D eigenvalue weighted by molar-refractivity contribution is 4.99. The van der Waals surface area contributed by atoms with Crippen LogP contribution in [-0.4, -0.2) is 24.0 Å². The lowest BCUT2D eigenvalue weighted by molar-refractivity contribution is 0.107. The molecule has 0 aromatic carbocycles. The molecule has 0 spiro atoms. The zero-order chi connectivity index (χ0) is 10.7. The van der Waals surface area contributed by atoms with Gasteiger partial charge in [-0.1, -0.05) is 6.92 Å². The molecular weight excluding hydrogens is 188 g/mol. The van der Waals surface area contributed by atoms with Crippen molar-refractivity contribution in [2.24, 2.45) is 11.7 Å². The van der Waals surface area contributed by atoms with Crippen molar-refractivity contribution < 1.29 is 4.42 Å². The summed E-state index contributed by atoms with van der Waals surface area (Å²) in [6, 6.07) is 4.50. The number of hydrogen-bond acceptors (Lipinski definition) is 3. The largest absolute Gasteiger partial charge is 0.468 e. The Morgan fingerprint density at radius 2 is 2.47 bits per heavy atom. The van der Waals surface area contributed by atoms with Gasteiger partial charge in [0.05, 0.1) is 12.8 Å². The van der Waals surface area contributed by atoms with Crippen LogP contribution in [0.5, 0.6) is 0 Å². The number of nitrogens with zero attached hydrogens (tertiary/aromatic N) is 1. The number of furan rings is 1. The highest BCUT2D eigenvalue weighted by atomic mass is 16.3. The van der Waals surface area contributed by atoms with Crippen LogP contribution in [0.15, 0.2) is 22.8 Å². The van der Waals surface area contributed by atoms with Gasteiger partial charge in [0.15, 0.2) is 0 Å². The van der Waals surface area contributed by atoms with Crippen molar-refractivity contribution in [2.45, 2.75) is 32.4 Å². The van der Waals surface area contributed by atoms with Crippen molar-refractivity contribution in [2.75, 3.05) is 13.1 Å². The summed E-state index contributed by atoms with van der Waals surface area (Å²) in [4.78, 5) is 2.44. The fourth-order valence-corrected chi connectivity index (χ4v) is 2.36. The minimum atomic E-state index is 0.527. The minimum Gasteiger partial charge on any atom is -0.468 e. The average molecular weight is 208 g/mol. The van der Waals surface area contributed by atoms with E-state index in [0.717, 1.165) is 31.3 Å². The summed E-state index contributed by atoms with van der Waals surface area (Å²) >= 11 is 0. The molecule has 2 rings (SSSR count). The van der Waals surface area contributed by atoms with Gasteiger partial charge in [0.1, 0.15) is 5.76 Å². The second-order valence-corrected chi connectivity index (χ2v) is 4.57. The van der Waals surface area contributed by atoms with Crippen LogP contribution < -0.4 is 5.73 Å². The molecule has 1 aromatic rings.